The van der Waals surface area contributed by atoms with Crippen molar-refractivity contribution in [2.24, 2.45) is 10.8 Å². The van der Waals surface area contributed by atoms with Crippen molar-refractivity contribution in [3.05, 3.63) is 129 Å². The van der Waals surface area contributed by atoms with Gasteiger partial charge in [-0.05, 0) is 0 Å². The Labute approximate surface area is 399 Å². The third kappa shape index (κ3) is 9.55. The van der Waals surface area contributed by atoms with Crippen LogP contribution in [0.4, 0.5) is 0 Å². The van der Waals surface area contributed by atoms with Crippen LogP contribution in [0, 0.1) is 10.8 Å². The van der Waals surface area contributed by atoms with E-state index in [0.29, 0.717) is 10.8 Å². The molecule has 0 amide bonds. The van der Waals surface area contributed by atoms with Crippen LogP contribution < -0.4 is 0 Å². The molecule has 4 heteroatoms. The van der Waals surface area contributed by atoms with Crippen molar-refractivity contribution in [2.45, 2.75) is 189 Å². The molecule has 0 saturated heterocycles. The van der Waals surface area contributed by atoms with Crippen molar-refractivity contribution in [3.8, 4) is 22.3 Å². The van der Waals surface area contributed by atoms with Crippen molar-refractivity contribution in [1.29, 1.82) is 0 Å². The fourth-order valence-electron chi connectivity index (χ4n) is 14.0. The number of halogens is 2. The molecular formula is C60H81Cl2SiZr. The van der Waals surface area contributed by atoms with E-state index in [-0.39, 0.29) is 7.25 Å². The molecule has 343 valence electrons. The molecule has 2 saturated carbocycles. The van der Waals surface area contributed by atoms with Crippen LogP contribution in [-0.4, -0.2) is 5.92 Å². The molecule has 0 heterocycles. The van der Waals surface area contributed by atoms with Crippen molar-refractivity contribution < 1.29 is 15.6 Å². The average molecular weight is 993 g/mol. The second-order valence-corrected chi connectivity index (χ2v) is 64.3. The van der Waals surface area contributed by atoms with E-state index in [1.165, 1.54) is 171 Å². The SMILES string of the molecule is CCCC1(CC2=Cc3c(-c4ccc(CC)cc4)cccc3[CH]2[Zr]([Cl])([Cl])([CH]2C(CC3(CCC)CCCCCCC3)=Cc3c(-c4ccc(CC)cc4)cccc32)[SiH](C)C)CCCCCCC1. The van der Waals surface area contributed by atoms with Gasteiger partial charge in [-0.1, -0.05) is 0 Å². The summed E-state index contributed by atoms with van der Waals surface area (Å²) in [5.74, 6) is -1.78. The maximum atomic E-state index is 9.42. The van der Waals surface area contributed by atoms with Crippen LogP contribution >= 0.6 is 17.0 Å². The van der Waals surface area contributed by atoms with Gasteiger partial charge in [0.25, 0.3) is 0 Å². The van der Waals surface area contributed by atoms with Gasteiger partial charge in [-0.3, -0.25) is 0 Å². The number of hydrogen-bond donors (Lipinski definition) is 0. The summed E-state index contributed by atoms with van der Waals surface area (Å²) in [6.45, 7) is 14.6. The molecule has 0 spiro atoms. The molecule has 4 aromatic carbocycles. The van der Waals surface area contributed by atoms with Crippen LogP contribution in [0.2, 0.25) is 13.1 Å². The van der Waals surface area contributed by atoms with Gasteiger partial charge in [0.05, 0.1) is 0 Å². The summed E-state index contributed by atoms with van der Waals surface area (Å²) >= 11 is -5.18. The fraction of sp³-hybridized carbons (Fsp3) is 0.533. The summed E-state index contributed by atoms with van der Waals surface area (Å²) in [7, 11) is 18.8. The number of rotatable bonds is 15. The van der Waals surface area contributed by atoms with Crippen LogP contribution in [0.1, 0.15) is 197 Å². The first kappa shape index (κ1) is 48.5. The first-order chi connectivity index (χ1) is 31.0. The molecule has 4 aliphatic carbocycles. The van der Waals surface area contributed by atoms with Gasteiger partial charge in [0.1, 0.15) is 0 Å². The van der Waals surface area contributed by atoms with Crippen LogP contribution in [-0.2, 0) is 28.4 Å². The van der Waals surface area contributed by atoms with Gasteiger partial charge >= 0.3 is 402 Å². The molecule has 64 heavy (non-hydrogen) atoms. The Morgan fingerprint density at radius 2 is 0.859 bits per heavy atom. The Balaban J connectivity index is 1.36. The third-order valence-electron chi connectivity index (χ3n) is 17.4. The summed E-state index contributed by atoms with van der Waals surface area (Å²) < 4.78 is 0.207. The van der Waals surface area contributed by atoms with E-state index in [1.54, 1.807) is 11.1 Å². The number of aryl methyl sites for hydroxylation is 2. The molecule has 2 atom stereocenters. The summed E-state index contributed by atoms with van der Waals surface area (Å²) in [5.41, 5.74) is 17.7. The van der Waals surface area contributed by atoms with E-state index in [4.69, 9.17) is 0 Å². The van der Waals surface area contributed by atoms with Gasteiger partial charge in [-0.25, -0.2) is 0 Å². The fourth-order valence-corrected chi connectivity index (χ4v) is 45.3. The predicted molar refractivity (Wildman–Crippen MR) is 283 cm³/mol. The van der Waals surface area contributed by atoms with E-state index in [9.17, 15) is 17.0 Å². The molecule has 0 bridgehead atoms. The van der Waals surface area contributed by atoms with Gasteiger partial charge in [0.15, 0.2) is 0 Å². The monoisotopic (exact) mass is 989 g/mol. The van der Waals surface area contributed by atoms with Gasteiger partial charge in [0.2, 0.25) is 0 Å². The molecule has 0 N–H and O–H groups in total. The first-order valence-corrected chi connectivity index (χ1v) is 42.7. The molecule has 4 aliphatic rings. The number of fused-ring (bicyclic) bond motifs is 2. The van der Waals surface area contributed by atoms with E-state index in [0.717, 1.165) is 25.7 Å². The Morgan fingerprint density at radius 3 is 1.19 bits per heavy atom. The van der Waals surface area contributed by atoms with Gasteiger partial charge < -0.3 is 0 Å². The average Bonchev–Trinajstić information content (AvgIpc) is 3.85. The summed E-state index contributed by atoms with van der Waals surface area (Å²) in [6, 6.07) is 33.3. The number of benzene rings is 4. The Hall–Kier alpha value is -1.96. The topological polar surface area (TPSA) is 0 Å². The van der Waals surface area contributed by atoms with Gasteiger partial charge in [0, 0.05) is 0 Å². The first-order valence-electron chi connectivity index (χ1n) is 26.4. The Morgan fingerprint density at radius 1 is 0.500 bits per heavy atom. The molecule has 0 nitrogen and oxygen atoms in total. The molecular weight excluding hydrogens is 911 g/mol. The van der Waals surface area contributed by atoms with Gasteiger partial charge in [-0.15, -0.1) is 0 Å². The number of hydrogen-bond acceptors (Lipinski definition) is 0. The second-order valence-electron chi connectivity index (χ2n) is 21.8. The summed E-state index contributed by atoms with van der Waals surface area (Å²) in [6.07, 6.45) is 33.8. The summed E-state index contributed by atoms with van der Waals surface area (Å²) in [4.78, 5) is 0. The molecule has 4 aromatic rings. The van der Waals surface area contributed by atoms with Crippen molar-refractivity contribution in [2.75, 3.05) is 0 Å². The minimum absolute atomic E-state index is 0.103. The minimum atomic E-state index is -5.18. The zero-order valence-corrected chi connectivity index (χ0v) is 45.9. The van der Waals surface area contributed by atoms with Crippen LogP contribution in [0.25, 0.3) is 34.4 Å². The van der Waals surface area contributed by atoms with Crippen molar-refractivity contribution >= 4 is 35.1 Å². The second kappa shape index (κ2) is 20.7. The Bertz CT molecular complexity index is 2110. The standard InChI is InChI=1S/2C29H37.C2H7Si.2ClH.Zr/c2*1-3-17-29(18-8-6-5-7-9-19-29)22-24-20-26-11-10-12-27(28(26)21-24)25-15-13-23(4-2)14-16-25;1-3-2;;;/h2*10-16,20-21H,3-9,17-19,22H2,1-2H3;3H,1-2H3;2*1H;/q;;;;;+2/p-2. The van der Waals surface area contributed by atoms with E-state index >= 15 is 0 Å². The number of allylic oxidation sites excluding steroid dienone is 2. The molecule has 2 fully saturated rings. The predicted octanol–water partition coefficient (Wildman–Crippen LogP) is 19.5. The molecule has 2 unspecified atom stereocenters. The molecule has 0 aromatic heterocycles. The Kier molecular flexibility index (Phi) is 15.7. The quantitative estimate of drug-likeness (QED) is 0.104. The molecule has 0 radical (unpaired) electrons. The van der Waals surface area contributed by atoms with Gasteiger partial charge in [-0.2, -0.15) is 0 Å². The normalized spacial score (nSPS) is 21.7. The van der Waals surface area contributed by atoms with Crippen molar-refractivity contribution in [3.63, 3.8) is 0 Å². The summed E-state index contributed by atoms with van der Waals surface area (Å²) in [5, 5.41) is 0. The molecule has 0 aliphatic heterocycles. The van der Waals surface area contributed by atoms with E-state index in [1.807, 2.05) is 0 Å². The zero-order valence-electron chi connectivity index (χ0n) is 40.8. The van der Waals surface area contributed by atoms with Crippen LogP contribution in [0.3, 0.4) is 0 Å². The zero-order chi connectivity index (χ0) is 45.0. The maximum absolute atomic E-state index is 9.42. The van der Waals surface area contributed by atoms with E-state index < -0.39 is 21.5 Å². The van der Waals surface area contributed by atoms with Crippen LogP contribution in [0.15, 0.2) is 96.1 Å². The van der Waals surface area contributed by atoms with Crippen molar-refractivity contribution in [1.82, 2.24) is 0 Å². The molecule has 8 rings (SSSR count). The van der Waals surface area contributed by atoms with E-state index in [2.05, 4.69) is 138 Å². The third-order valence-corrected chi connectivity index (χ3v) is 69.3. The van der Waals surface area contributed by atoms with Crippen LogP contribution in [0.5, 0.6) is 0 Å².